The van der Waals surface area contributed by atoms with E-state index in [1.165, 1.54) is 12.1 Å². The summed E-state index contributed by atoms with van der Waals surface area (Å²) in [5.74, 6) is 0.979. The Hall–Kier alpha value is -1.76. The lowest BCUT2D eigenvalue weighted by atomic mass is 10.0. The first-order chi connectivity index (χ1) is 11.8. The van der Waals surface area contributed by atoms with Gasteiger partial charge in [0, 0.05) is 19.0 Å². The van der Waals surface area contributed by atoms with Crippen molar-refractivity contribution >= 4 is 21.6 Å². The van der Waals surface area contributed by atoms with E-state index in [0.717, 1.165) is 40.1 Å². The Balaban J connectivity index is 1.55. The van der Waals surface area contributed by atoms with Crippen LogP contribution < -0.4 is 9.64 Å². The molecule has 2 unspecified atom stereocenters. The molecule has 7 heteroatoms. The number of alkyl halides is 3. The standard InChI is InChI=1S/C18H16BrF3N2O/c1-10-6-15-16(23-17(10)19)14-7-12(14)9-24(15)8-11-2-4-13(5-3-11)25-18(20,21)22/h2-6,12,14H,7-9H2,1H3. The number of nitrogens with zero attached hydrogens (tertiary/aromatic N) is 2. The average Bonchev–Trinajstić information content (AvgIpc) is 3.29. The van der Waals surface area contributed by atoms with Crippen molar-refractivity contribution < 1.29 is 17.9 Å². The predicted molar refractivity (Wildman–Crippen MR) is 91.7 cm³/mol. The molecule has 2 heterocycles. The first kappa shape index (κ1) is 16.7. The molecular formula is C18H16BrF3N2O. The smallest absolute Gasteiger partial charge is 0.406 e. The van der Waals surface area contributed by atoms with Gasteiger partial charge < -0.3 is 9.64 Å². The van der Waals surface area contributed by atoms with Gasteiger partial charge in [-0.1, -0.05) is 12.1 Å². The second-order valence-corrected chi connectivity index (χ2v) is 7.43. The molecule has 1 aliphatic heterocycles. The Kier molecular flexibility index (Phi) is 3.94. The van der Waals surface area contributed by atoms with Crippen molar-refractivity contribution in [1.82, 2.24) is 4.98 Å². The molecule has 0 saturated heterocycles. The van der Waals surface area contributed by atoms with Crippen LogP contribution in [0.1, 0.15) is 29.2 Å². The topological polar surface area (TPSA) is 25.4 Å². The van der Waals surface area contributed by atoms with Crippen LogP contribution in [-0.2, 0) is 6.54 Å². The van der Waals surface area contributed by atoms with Crippen LogP contribution in [0.2, 0.25) is 0 Å². The van der Waals surface area contributed by atoms with Gasteiger partial charge in [-0.25, -0.2) is 4.98 Å². The summed E-state index contributed by atoms with van der Waals surface area (Å²) in [6, 6.07) is 8.22. The molecule has 132 valence electrons. The molecular weight excluding hydrogens is 397 g/mol. The summed E-state index contributed by atoms with van der Waals surface area (Å²) in [5, 5.41) is 0. The predicted octanol–water partition coefficient (Wildman–Crippen LogP) is 5.17. The van der Waals surface area contributed by atoms with E-state index in [1.807, 2.05) is 6.92 Å². The third-order valence-corrected chi connectivity index (χ3v) is 5.56. The largest absolute Gasteiger partial charge is 0.573 e. The van der Waals surface area contributed by atoms with Crippen molar-refractivity contribution in [2.75, 3.05) is 11.4 Å². The number of fused-ring (bicyclic) bond motifs is 3. The molecule has 2 aliphatic rings. The van der Waals surface area contributed by atoms with Crippen LogP contribution in [0.4, 0.5) is 18.9 Å². The number of anilines is 1. The Morgan fingerprint density at radius 2 is 2.00 bits per heavy atom. The maximum absolute atomic E-state index is 12.3. The molecule has 4 rings (SSSR count). The molecule has 3 nitrogen and oxygen atoms in total. The number of rotatable bonds is 3. The van der Waals surface area contributed by atoms with Crippen molar-refractivity contribution in [3.8, 4) is 5.75 Å². The zero-order valence-electron chi connectivity index (χ0n) is 13.5. The van der Waals surface area contributed by atoms with E-state index in [-0.39, 0.29) is 5.75 Å². The summed E-state index contributed by atoms with van der Waals surface area (Å²) >= 11 is 3.50. The van der Waals surface area contributed by atoms with Crippen molar-refractivity contribution in [3.05, 3.63) is 51.8 Å². The molecule has 0 N–H and O–H groups in total. The Bertz CT molecular complexity index is 807. The SMILES string of the molecule is Cc1cc2c(nc1Br)C1CC1CN2Cc1ccc(OC(F)(F)F)cc1. The second kappa shape index (κ2) is 5.90. The lowest BCUT2D eigenvalue weighted by Crippen LogP contribution is -2.30. The molecule has 0 spiro atoms. The molecule has 1 fully saturated rings. The number of benzene rings is 1. The van der Waals surface area contributed by atoms with Gasteiger partial charge in [-0.2, -0.15) is 0 Å². The highest BCUT2D eigenvalue weighted by Gasteiger charge is 2.46. The summed E-state index contributed by atoms with van der Waals surface area (Å²) in [5.41, 5.74) is 4.29. The number of aromatic nitrogens is 1. The maximum atomic E-state index is 12.3. The minimum atomic E-state index is -4.66. The third-order valence-electron chi connectivity index (χ3n) is 4.76. The zero-order chi connectivity index (χ0) is 17.8. The first-order valence-corrected chi connectivity index (χ1v) is 8.86. The normalized spacial score (nSPS) is 21.6. The van der Waals surface area contributed by atoms with Crippen molar-refractivity contribution in [3.63, 3.8) is 0 Å². The highest BCUT2D eigenvalue weighted by Crippen LogP contribution is 2.54. The first-order valence-electron chi connectivity index (χ1n) is 8.07. The number of hydrogen-bond donors (Lipinski definition) is 0. The minimum Gasteiger partial charge on any atom is -0.406 e. The van der Waals surface area contributed by atoms with Gasteiger partial charge in [-0.05, 0) is 64.5 Å². The number of halogens is 4. The van der Waals surface area contributed by atoms with Gasteiger partial charge >= 0.3 is 6.36 Å². The van der Waals surface area contributed by atoms with Crippen LogP contribution in [0, 0.1) is 12.8 Å². The number of aryl methyl sites for hydroxylation is 1. The summed E-state index contributed by atoms with van der Waals surface area (Å²) in [7, 11) is 0. The van der Waals surface area contributed by atoms with Gasteiger partial charge in [-0.3, -0.25) is 0 Å². The van der Waals surface area contributed by atoms with E-state index in [0.29, 0.717) is 18.4 Å². The van der Waals surface area contributed by atoms with Gasteiger partial charge in [0.1, 0.15) is 10.4 Å². The molecule has 0 bridgehead atoms. The fourth-order valence-electron chi connectivity index (χ4n) is 3.45. The van der Waals surface area contributed by atoms with Gasteiger partial charge in [-0.15, -0.1) is 13.2 Å². The number of ether oxygens (including phenoxy) is 1. The zero-order valence-corrected chi connectivity index (χ0v) is 15.1. The Labute approximate surface area is 151 Å². The van der Waals surface area contributed by atoms with E-state index in [1.54, 1.807) is 12.1 Å². The van der Waals surface area contributed by atoms with E-state index >= 15 is 0 Å². The highest BCUT2D eigenvalue weighted by atomic mass is 79.9. The lowest BCUT2D eigenvalue weighted by molar-refractivity contribution is -0.274. The van der Waals surface area contributed by atoms with Crippen molar-refractivity contribution in [1.29, 1.82) is 0 Å². The van der Waals surface area contributed by atoms with E-state index in [4.69, 9.17) is 4.98 Å². The van der Waals surface area contributed by atoms with Gasteiger partial charge in [0.05, 0.1) is 11.4 Å². The monoisotopic (exact) mass is 412 g/mol. The minimum absolute atomic E-state index is 0.195. The fraction of sp³-hybridized carbons (Fsp3) is 0.389. The summed E-state index contributed by atoms with van der Waals surface area (Å²) in [4.78, 5) is 6.99. The number of pyridine rings is 1. The van der Waals surface area contributed by atoms with Gasteiger partial charge in [0.2, 0.25) is 0 Å². The van der Waals surface area contributed by atoms with Crippen LogP contribution in [0.15, 0.2) is 34.9 Å². The van der Waals surface area contributed by atoms with E-state index < -0.39 is 6.36 Å². The quantitative estimate of drug-likeness (QED) is 0.649. The molecule has 2 aromatic rings. The molecule has 1 aromatic heterocycles. The van der Waals surface area contributed by atoms with Crippen LogP contribution >= 0.6 is 15.9 Å². The Morgan fingerprint density at radius 1 is 1.28 bits per heavy atom. The fourth-order valence-corrected chi connectivity index (χ4v) is 3.75. The van der Waals surface area contributed by atoms with E-state index in [2.05, 4.69) is 31.6 Å². The molecule has 0 amide bonds. The Morgan fingerprint density at radius 3 is 2.68 bits per heavy atom. The highest BCUT2D eigenvalue weighted by molar-refractivity contribution is 9.10. The van der Waals surface area contributed by atoms with Crippen LogP contribution in [0.3, 0.4) is 0 Å². The van der Waals surface area contributed by atoms with E-state index in [9.17, 15) is 13.2 Å². The van der Waals surface area contributed by atoms with Crippen molar-refractivity contribution in [2.24, 2.45) is 5.92 Å². The van der Waals surface area contributed by atoms with Crippen molar-refractivity contribution in [2.45, 2.75) is 32.2 Å². The third kappa shape index (κ3) is 3.47. The second-order valence-electron chi connectivity index (χ2n) is 6.67. The average molecular weight is 413 g/mol. The van der Waals surface area contributed by atoms with Crippen LogP contribution in [0.25, 0.3) is 0 Å². The summed E-state index contributed by atoms with van der Waals surface area (Å²) < 4.78 is 41.6. The molecule has 25 heavy (non-hydrogen) atoms. The molecule has 0 radical (unpaired) electrons. The molecule has 1 aliphatic carbocycles. The maximum Gasteiger partial charge on any atom is 0.573 e. The van der Waals surface area contributed by atoms with Gasteiger partial charge in [0.25, 0.3) is 0 Å². The molecule has 1 saturated carbocycles. The van der Waals surface area contributed by atoms with Crippen LogP contribution in [0.5, 0.6) is 5.75 Å². The summed E-state index contributed by atoms with van der Waals surface area (Å²) in [6.07, 6.45) is -3.50. The summed E-state index contributed by atoms with van der Waals surface area (Å²) in [6.45, 7) is 3.62. The molecule has 1 aromatic carbocycles. The molecule has 2 atom stereocenters. The lowest BCUT2D eigenvalue weighted by Gasteiger charge is -2.31. The van der Waals surface area contributed by atoms with Gasteiger partial charge in [0.15, 0.2) is 0 Å². The number of hydrogen-bond acceptors (Lipinski definition) is 3. The van der Waals surface area contributed by atoms with Crippen LogP contribution in [-0.4, -0.2) is 17.9 Å².